The zero-order valence-electron chi connectivity index (χ0n) is 13.2. The Hall–Kier alpha value is -2.64. The Morgan fingerprint density at radius 2 is 2.09 bits per heavy atom. The molecule has 8 heteroatoms. The van der Waals surface area contributed by atoms with Crippen LogP contribution >= 0.6 is 0 Å². The molecule has 2 amide bonds. The average molecular weight is 315 g/mol. The number of hydrogen-bond acceptors (Lipinski definition) is 5. The first-order chi connectivity index (χ1) is 11.2. The van der Waals surface area contributed by atoms with Gasteiger partial charge in [0.05, 0.1) is 12.7 Å². The maximum absolute atomic E-state index is 12.3. The molecule has 1 saturated heterocycles. The van der Waals surface area contributed by atoms with Gasteiger partial charge in [-0.1, -0.05) is 0 Å². The van der Waals surface area contributed by atoms with Gasteiger partial charge in [-0.2, -0.15) is 5.10 Å². The molecule has 0 unspecified atom stereocenters. The first-order valence-electron chi connectivity index (χ1n) is 7.76. The minimum Gasteiger partial charge on any atom is -0.352 e. The third kappa shape index (κ3) is 3.97. The van der Waals surface area contributed by atoms with Crippen LogP contribution in [0.5, 0.6) is 0 Å². The zero-order valence-corrected chi connectivity index (χ0v) is 13.2. The Labute approximate surface area is 135 Å². The number of carbonyl (C=O) groups is 1. The van der Waals surface area contributed by atoms with E-state index in [1.165, 1.54) is 0 Å². The van der Waals surface area contributed by atoms with Crippen LogP contribution in [-0.4, -0.2) is 62.9 Å². The molecule has 0 spiro atoms. The van der Waals surface area contributed by atoms with Gasteiger partial charge < -0.3 is 15.1 Å². The molecule has 0 bridgehead atoms. The first-order valence-corrected chi connectivity index (χ1v) is 7.76. The Morgan fingerprint density at radius 3 is 2.74 bits per heavy atom. The van der Waals surface area contributed by atoms with Gasteiger partial charge in [-0.15, -0.1) is 0 Å². The third-order valence-corrected chi connectivity index (χ3v) is 3.83. The number of anilines is 1. The molecule has 0 radical (unpaired) electrons. The predicted octanol–water partition coefficient (Wildman–Crippen LogP) is 0.593. The second-order valence-corrected chi connectivity index (χ2v) is 5.62. The topological polar surface area (TPSA) is 79.2 Å². The third-order valence-electron chi connectivity index (χ3n) is 3.83. The maximum atomic E-state index is 12.3. The molecule has 2 aromatic rings. The minimum atomic E-state index is -0.0246. The molecule has 3 heterocycles. The van der Waals surface area contributed by atoms with E-state index in [0.717, 1.165) is 18.9 Å². The summed E-state index contributed by atoms with van der Waals surface area (Å²) in [6.45, 7) is 5.53. The molecule has 0 aliphatic carbocycles. The predicted molar refractivity (Wildman–Crippen MR) is 86.0 cm³/mol. The largest absolute Gasteiger partial charge is 0.352 e. The summed E-state index contributed by atoms with van der Waals surface area (Å²) in [4.78, 5) is 24.7. The first kappa shape index (κ1) is 15.3. The van der Waals surface area contributed by atoms with Crippen LogP contribution in [0, 0.1) is 0 Å². The van der Waals surface area contributed by atoms with E-state index in [2.05, 4.69) is 25.3 Å². The summed E-state index contributed by atoms with van der Waals surface area (Å²) >= 11 is 0. The molecule has 1 N–H and O–H groups in total. The van der Waals surface area contributed by atoms with Gasteiger partial charge in [0, 0.05) is 57.0 Å². The molecule has 2 aromatic heterocycles. The van der Waals surface area contributed by atoms with Gasteiger partial charge in [0.2, 0.25) is 0 Å². The molecule has 1 aliphatic heterocycles. The van der Waals surface area contributed by atoms with Gasteiger partial charge in [0.1, 0.15) is 5.82 Å². The van der Waals surface area contributed by atoms with Gasteiger partial charge in [-0.05, 0) is 13.0 Å². The molecule has 1 fully saturated rings. The summed E-state index contributed by atoms with van der Waals surface area (Å²) in [6.07, 6.45) is 8.73. The van der Waals surface area contributed by atoms with E-state index in [0.29, 0.717) is 19.6 Å². The van der Waals surface area contributed by atoms with Crippen LogP contribution in [0.3, 0.4) is 0 Å². The smallest absolute Gasteiger partial charge is 0.317 e. The van der Waals surface area contributed by atoms with Gasteiger partial charge >= 0.3 is 6.03 Å². The van der Waals surface area contributed by atoms with Crippen LogP contribution in [0.4, 0.5) is 10.6 Å². The lowest BCUT2D eigenvalue weighted by Crippen LogP contribution is -2.53. The Morgan fingerprint density at radius 1 is 1.26 bits per heavy atom. The van der Waals surface area contributed by atoms with E-state index in [-0.39, 0.29) is 12.1 Å². The number of hydrogen-bond donors (Lipinski definition) is 1. The van der Waals surface area contributed by atoms with Crippen LogP contribution < -0.4 is 10.2 Å². The van der Waals surface area contributed by atoms with Crippen LogP contribution in [0.2, 0.25) is 0 Å². The summed E-state index contributed by atoms with van der Waals surface area (Å²) in [7, 11) is 0. The maximum Gasteiger partial charge on any atom is 0.317 e. The van der Waals surface area contributed by atoms with Crippen molar-refractivity contribution < 1.29 is 4.79 Å². The standard InChI is InChI=1S/C15H21N7O/c1-13(12-22-6-2-3-18-22)19-15(23)21-9-7-20(8-10-21)14-11-16-4-5-17-14/h2-6,11,13H,7-10,12H2,1H3,(H,19,23)/t13-/m0/s1. The minimum absolute atomic E-state index is 0.0246. The molecule has 1 atom stereocenters. The highest BCUT2D eigenvalue weighted by molar-refractivity contribution is 5.74. The van der Waals surface area contributed by atoms with Crippen LogP contribution in [-0.2, 0) is 6.54 Å². The van der Waals surface area contributed by atoms with E-state index in [9.17, 15) is 4.79 Å². The highest BCUT2D eigenvalue weighted by Crippen LogP contribution is 2.11. The summed E-state index contributed by atoms with van der Waals surface area (Å²) < 4.78 is 1.82. The van der Waals surface area contributed by atoms with Crippen LogP contribution in [0.25, 0.3) is 0 Å². The van der Waals surface area contributed by atoms with Crippen molar-refractivity contribution in [1.29, 1.82) is 0 Å². The van der Waals surface area contributed by atoms with Crippen LogP contribution in [0.1, 0.15) is 6.92 Å². The quantitative estimate of drug-likeness (QED) is 0.893. The molecule has 1 aliphatic rings. The second kappa shape index (κ2) is 7.08. The molecule has 23 heavy (non-hydrogen) atoms. The SMILES string of the molecule is C[C@@H](Cn1cccn1)NC(=O)N1CCN(c2cnccn2)CC1. The fraction of sp³-hybridized carbons (Fsp3) is 0.467. The summed E-state index contributed by atoms with van der Waals surface area (Å²) in [6, 6.07) is 1.88. The Bertz CT molecular complexity index is 608. The van der Waals surface area contributed by atoms with Crippen molar-refractivity contribution in [1.82, 2.24) is 30.0 Å². The highest BCUT2D eigenvalue weighted by Gasteiger charge is 2.22. The fourth-order valence-corrected chi connectivity index (χ4v) is 2.63. The lowest BCUT2D eigenvalue weighted by Gasteiger charge is -2.35. The Kier molecular flexibility index (Phi) is 4.70. The normalized spacial score (nSPS) is 16.2. The van der Waals surface area contributed by atoms with Gasteiger partial charge in [-0.3, -0.25) is 9.67 Å². The molecule has 8 nitrogen and oxygen atoms in total. The zero-order chi connectivity index (χ0) is 16.1. The number of nitrogens with zero attached hydrogens (tertiary/aromatic N) is 6. The van der Waals surface area contributed by atoms with Crippen molar-refractivity contribution in [2.75, 3.05) is 31.1 Å². The van der Waals surface area contributed by atoms with E-state index in [1.807, 2.05) is 28.8 Å². The van der Waals surface area contributed by atoms with E-state index in [4.69, 9.17) is 0 Å². The van der Waals surface area contributed by atoms with Crippen molar-refractivity contribution in [3.05, 3.63) is 37.1 Å². The molecular weight excluding hydrogens is 294 g/mol. The van der Waals surface area contributed by atoms with Crippen molar-refractivity contribution in [3.8, 4) is 0 Å². The van der Waals surface area contributed by atoms with Gasteiger partial charge in [-0.25, -0.2) is 9.78 Å². The van der Waals surface area contributed by atoms with Gasteiger partial charge in [0.15, 0.2) is 0 Å². The second-order valence-electron chi connectivity index (χ2n) is 5.62. The number of piperazine rings is 1. The fourth-order valence-electron chi connectivity index (χ4n) is 2.63. The number of aromatic nitrogens is 4. The monoisotopic (exact) mass is 315 g/mol. The number of nitrogens with one attached hydrogen (secondary N) is 1. The molecular formula is C15H21N7O. The molecule has 0 aromatic carbocycles. The van der Waals surface area contributed by atoms with Crippen molar-refractivity contribution in [2.45, 2.75) is 19.5 Å². The van der Waals surface area contributed by atoms with E-state index in [1.54, 1.807) is 24.8 Å². The molecule has 3 rings (SSSR count). The molecule has 122 valence electrons. The number of urea groups is 1. The number of rotatable bonds is 4. The average Bonchev–Trinajstić information content (AvgIpc) is 3.08. The number of amides is 2. The number of carbonyl (C=O) groups excluding carboxylic acids is 1. The van der Waals surface area contributed by atoms with Crippen LogP contribution in [0.15, 0.2) is 37.1 Å². The highest BCUT2D eigenvalue weighted by atomic mass is 16.2. The summed E-state index contributed by atoms with van der Waals surface area (Å²) in [5.74, 6) is 0.861. The Balaban J connectivity index is 1.46. The van der Waals surface area contributed by atoms with Crippen molar-refractivity contribution in [3.63, 3.8) is 0 Å². The van der Waals surface area contributed by atoms with Crippen molar-refractivity contribution in [2.24, 2.45) is 0 Å². The van der Waals surface area contributed by atoms with Crippen molar-refractivity contribution >= 4 is 11.8 Å². The van der Waals surface area contributed by atoms with E-state index >= 15 is 0 Å². The molecule has 0 saturated carbocycles. The summed E-state index contributed by atoms with van der Waals surface area (Å²) in [5.41, 5.74) is 0. The summed E-state index contributed by atoms with van der Waals surface area (Å²) in [5, 5.41) is 7.17. The lowest BCUT2D eigenvalue weighted by atomic mass is 10.3. The van der Waals surface area contributed by atoms with Gasteiger partial charge in [0.25, 0.3) is 0 Å². The lowest BCUT2D eigenvalue weighted by molar-refractivity contribution is 0.189. The van der Waals surface area contributed by atoms with E-state index < -0.39 is 0 Å².